The van der Waals surface area contributed by atoms with E-state index >= 15 is 0 Å². The molecule has 0 bridgehead atoms. The highest BCUT2D eigenvalue weighted by atomic mass is 127. The van der Waals surface area contributed by atoms with Gasteiger partial charge in [0.05, 0.1) is 6.54 Å². The van der Waals surface area contributed by atoms with Gasteiger partial charge < -0.3 is 20.3 Å². The number of aryl methyl sites for hydroxylation is 1. The van der Waals surface area contributed by atoms with Gasteiger partial charge in [0, 0.05) is 31.8 Å². The van der Waals surface area contributed by atoms with Gasteiger partial charge in [-0.2, -0.15) is 0 Å². The third kappa shape index (κ3) is 6.35. The lowest BCUT2D eigenvalue weighted by atomic mass is 9.88. The topological polar surface area (TPSA) is 48.9 Å². The van der Waals surface area contributed by atoms with Gasteiger partial charge in [0.2, 0.25) is 0 Å². The van der Waals surface area contributed by atoms with Crippen molar-refractivity contribution in [3.05, 3.63) is 35.1 Å². The first-order chi connectivity index (χ1) is 12.0. The number of guanidine groups is 1. The molecule has 0 spiro atoms. The fraction of sp³-hybridized carbons (Fsp3) is 0.632. The summed E-state index contributed by atoms with van der Waals surface area (Å²) in [5.74, 6) is 0.579. The monoisotopic (exact) mass is 478 g/mol. The number of nitrogens with one attached hydrogen (secondary N) is 2. The zero-order valence-corrected chi connectivity index (χ0v) is 18.6. The predicted molar refractivity (Wildman–Crippen MR) is 116 cm³/mol. The van der Waals surface area contributed by atoms with E-state index in [-0.39, 0.29) is 35.3 Å². The maximum absolute atomic E-state index is 13.7. The normalized spacial score (nSPS) is 16.9. The van der Waals surface area contributed by atoms with Crippen LogP contribution in [-0.4, -0.2) is 56.8 Å². The van der Waals surface area contributed by atoms with Crippen LogP contribution >= 0.6 is 24.0 Å². The average Bonchev–Trinajstić information content (AvgIpc) is 2.61. The van der Waals surface area contributed by atoms with Crippen LogP contribution in [0, 0.1) is 12.7 Å². The van der Waals surface area contributed by atoms with E-state index in [4.69, 9.17) is 4.74 Å². The van der Waals surface area contributed by atoms with Crippen LogP contribution in [0.4, 0.5) is 4.39 Å². The van der Waals surface area contributed by atoms with E-state index in [9.17, 15) is 4.39 Å². The molecule has 0 amide bonds. The Labute approximate surface area is 173 Å². The van der Waals surface area contributed by atoms with E-state index in [1.165, 1.54) is 0 Å². The number of likely N-dealkylation sites (N-methyl/N-ethyl adjacent to an activating group) is 1. The Morgan fingerprint density at radius 2 is 1.96 bits per heavy atom. The molecule has 1 aliphatic heterocycles. The van der Waals surface area contributed by atoms with Gasteiger partial charge in [-0.25, -0.2) is 9.38 Å². The second-order valence-corrected chi connectivity index (χ2v) is 6.86. The third-order valence-electron chi connectivity index (χ3n) is 4.96. The minimum Gasteiger partial charge on any atom is -0.381 e. The lowest BCUT2D eigenvalue weighted by Gasteiger charge is -2.43. The van der Waals surface area contributed by atoms with Crippen molar-refractivity contribution in [2.45, 2.75) is 38.8 Å². The summed E-state index contributed by atoms with van der Waals surface area (Å²) in [6.07, 6.45) is 1.99. The molecule has 148 valence electrons. The minimum atomic E-state index is -0.181. The van der Waals surface area contributed by atoms with Crippen LogP contribution in [0.15, 0.2) is 23.2 Å². The molecular weight excluding hydrogens is 446 g/mol. The van der Waals surface area contributed by atoms with Gasteiger partial charge >= 0.3 is 0 Å². The van der Waals surface area contributed by atoms with Crippen LogP contribution in [0.3, 0.4) is 0 Å². The predicted octanol–water partition coefficient (Wildman–Crippen LogP) is 2.92. The molecule has 0 atom stereocenters. The first-order valence-electron chi connectivity index (χ1n) is 8.99. The molecule has 2 rings (SSSR count). The molecule has 1 saturated heterocycles. The summed E-state index contributed by atoms with van der Waals surface area (Å²) >= 11 is 0. The Balaban J connectivity index is 0.00000338. The zero-order valence-electron chi connectivity index (χ0n) is 16.3. The van der Waals surface area contributed by atoms with Crippen LogP contribution in [-0.2, 0) is 11.3 Å². The summed E-state index contributed by atoms with van der Waals surface area (Å²) < 4.78 is 19.2. The van der Waals surface area contributed by atoms with Crippen molar-refractivity contribution < 1.29 is 9.13 Å². The fourth-order valence-corrected chi connectivity index (χ4v) is 3.03. The second kappa shape index (κ2) is 11.0. The largest absolute Gasteiger partial charge is 0.381 e. The quantitative estimate of drug-likeness (QED) is 0.375. The Hall–Kier alpha value is -0.930. The molecule has 26 heavy (non-hydrogen) atoms. The van der Waals surface area contributed by atoms with Crippen molar-refractivity contribution in [3.63, 3.8) is 0 Å². The Morgan fingerprint density at radius 3 is 2.54 bits per heavy atom. The lowest BCUT2D eigenvalue weighted by Crippen LogP contribution is -2.57. The van der Waals surface area contributed by atoms with Crippen LogP contribution in [0.5, 0.6) is 0 Å². The standard InChI is InChI=1S/C19H31FN4O.HI/c1-5-21-18(22-13-16-7-6-15(2)17(20)12-16)23-14-19(24(3)4)8-10-25-11-9-19;/h6-7,12H,5,8-11,13-14H2,1-4H3,(H2,21,22,23);1H. The van der Waals surface area contributed by atoms with Gasteiger partial charge in [-0.3, -0.25) is 0 Å². The first kappa shape index (κ1) is 23.1. The molecule has 0 radical (unpaired) electrons. The molecule has 1 aromatic rings. The van der Waals surface area contributed by atoms with Crippen molar-refractivity contribution in [2.75, 3.05) is 40.4 Å². The van der Waals surface area contributed by atoms with Crippen LogP contribution in [0.1, 0.15) is 30.9 Å². The van der Waals surface area contributed by atoms with E-state index in [1.54, 1.807) is 19.1 Å². The summed E-state index contributed by atoms with van der Waals surface area (Å²) in [6.45, 7) is 7.42. The number of rotatable bonds is 6. The number of ether oxygens (including phenoxy) is 1. The number of hydrogen-bond acceptors (Lipinski definition) is 3. The lowest BCUT2D eigenvalue weighted by molar-refractivity contribution is -0.00501. The van der Waals surface area contributed by atoms with Crippen molar-refractivity contribution >= 4 is 29.9 Å². The van der Waals surface area contributed by atoms with Crippen molar-refractivity contribution in [1.82, 2.24) is 15.5 Å². The SMILES string of the molecule is CCNC(=NCc1ccc(C)c(F)c1)NCC1(N(C)C)CCOCC1.I. The maximum Gasteiger partial charge on any atom is 0.191 e. The van der Waals surface area contributed by atoms with Gasteiger partial charge in [-0.15, -0.1) is 24.0 Å². The molecule has 0 unspecified atom stereocenters. The van der Waals surface area contributed by atoms with E-state index in [2.05, 4.69) is 34.6 Å². The molecule has 0 aromatic heterocycles. The number of aliphatic imine (C=N–C) groups is 1. The van der Waals surface area contributed by atoms with E-state index < -0.39 is 0 Å². The molecule has 0 saturated carbocycles. The average molecular weight is 478 g/mol. The molecule has 1 aromatic carbocycles. The van der Waals surface area contributed by atoms with Crippen molar-refractivity contribution in [1.29, 1.82) is 0 Å². The molecule has 1 heterocycles. The summed E-state index contributed by atoms with van der Waals surface area (Å²) in [6, 6.07) is 5.27. The minimum absolute atomic E-state index is 0. The first-order valence-corrected chi connectivity index (χ1v) is 8.99. The summed E-state index contributed by atoms with van der Waals surface area (Å²) in [4.78, 5) is 6.89. The Kier molecular flexibility index (Phi) is 9.81. The van der Waals surface area contributed by atoms with Gasteiger partial charge in [0.1, 0.15) is 5.82 Å². The van der Waals surface area contributed by atoms with Gasteiger partial charge in [-0.1, -0.05) is 12.1 Å². The van der Waals surface area contributed by atoms with Crippen LogP contribution in [0.25, 0.3) is 0 Å². The zero-order chi connectivity index (χ0) is 18.3. The molecule has 1 aliphatic rings. The van der Waals surface area contributed by atoms with Gasteiger partial charge in [0.25, 0.3) is 0 Å². The Morgan fingerprint density at radius 1 is 1.27 bits per heavy atom. The van der Waals surface area contributed by atoms with Gasteiger partial charge in [-0.05, 0) is 58.0 Å². The van der Waals surface area contributed by atoms with Gasteiger partial charge in [0.15, 0.2) is 5.96 Å². The van der Waals surface area contributed by atoms with Crippen molar-refractivity contribution in [3.8, 4) is 0 Å². The molecule has 0 aliphatic carbocycles. The summed E-state index contributed by atoms with van der Waals surface area (Å²) in [7, 11) is 4.23. The van der Waals surface area contributed by atoms with Crippen molar-refractivity contribution in [2.24, 2.45) is 4.99 Å². The highest BCUT2D eigenvalue weighted by Crippen LogP contribution is 2.25. The smallest absolute Gasteiger partial charge is 0.191 e. The number of hydrogen-bond donors (Lipinski definition) is 2. The fourth-order valence-electron chi connectivity index (χ4n) is 3.03. The van der Waals surface area contributed by atoms with E-state index in [0.717, 1.165) is 50.7 Å². The number of halogens is 2. The number of nitrogens with zero attached hydrogens (tertiary/aromatic N) is 2. The van der Waals surface area contributed by atoms with E-state index in [1.807, 2.05) is 13.0 Å². The number of benzene rings is 1. The third-order valence-corrected chi connectivity index (χ3v) is 4.96. The summed E-state index contributed by atoms with van der Waals surface area (Å²) in [5, 5.41) is 6.73. The highest BCUT2D eigenvalue weighted by Gasteiger charge is 2.34. The highest BCUT2D eigenvalue weighted by molar-refractivity contribution is 14.0. The maximum atomic E-state index is 13.7. The molecule has 7 heteroatoms. The molecule has 2 N–H and O–H groups in total. The second-order valence-electron chi connectivity index (χ2n) is 6.86. The van der Waals surface area contributed by atoms with Crippen LogP contribution in [0.2, 0.25) is 0 Å². The van der Waals surface area contributed by atoms with Crippen LogP contribution < -0.4 is 10.6 Å². The Bertz CT molecular complexity index is 589. The summed E-state index contributed by atoms with van der Waals surface area (Å²) in [5.41, 5.74) is 1.60. The molecule has 5 nitrogen and oxygen atoms in total. The molecular formula is C19H32FIN4O. The van der Waals surface area contributed by atoms with E-state index in [0.29, 0.717) is 12.1 Å². The molecule has 1 fully saturated rings.